The highest BCUT2D eigenvalue weighted by Gasteiger charge is 2.59. The quantitative estimate of drug-likeness (QED) is 0.555. The van der Waals surface area contributed by atoms with Crippen molar-refractivity contribution in [3.63, 3.8) is 0 Å². The Bertz CT molecular complexity index is 1080. The molecule has 2 aromatic carbocycles. The van der Waals surface area contributed by atoms with Gasteiger partial charge in [0.15, 0.2) is 5.71 Å². The van der Waals surface area contributed by atoms with Gasteiger partial charge in [0.05, 0.1) is 18.0 Å². The van der Waals surface area contributed by atoms with E-state index in [1.54, 1.807) is 44.2 Å². The SMILES string of the molecule is CCOC(=O)C1=NN(c2ccc(C)cc2)[C@@H]2C(=O)N(c3cccc(Cl)c3C)C(=O)[C@H]12. The molecule has 1 fully saturated rings. The zero-order valence-corrected chi connectivity index (χ0v) is 17.5. The summed E-state index contributed by atoms with van der Waals surface area (Å²) in [6, 6.07) is 11.4. The lowest BCUT2D eigenvalue weighted by atomic mass is 9.97. The number of nitrogens with zero attached hydrogens (tertiary/aromatic N) is 3. The van der Waals surface area contributed by atoms with Crippen LogP contribution in [0.2, 0.25) is 5.02 Å². The summed E-state index contributed by atoms with van der Waals surface area (Å²) >= 11 is 6.21. The Morgan fingerprint density at radius 1 is 1.10 bits per heavy atom. The first-order valence-corrected chi connectivity index (χ1v) is 9.97. The molecule has 2 atom stereocenters. The van der Waals surface area contributed by atoms with Gasteiger partial charge < -0.3 is 4.74 Å². The number of hydrogen-bond donors (Lipinski definition) is 0. The maximum Gasteiger partial charge on any atom is 0.355 e. The normalized spacial score (nSPS) is 20.5. The van der Waals surface area contributed by atoms with E-state index in [0.717, 1.165) is 10.5 Å². The van der Waals surface area contributed by atoms with E-state index in [-0.39, 0.29) is 12.3 Å². The highest BCUT2D eigenvalue weighted by Crippen LogP contribution is 2.39. The Hall–Kier alpha value is -3.19. The summed E-state index contributed by atoms with van der Waals surface area (Å²) in [6.45, 7) is 5.49. The molecule has 2 amide bonds. The van der Waals surface area contributed by atoms with Gasteiger partial charge in [-0.1, -0.05) is 35.4 Å². The number of rotatable bonds is 4. The zero-order valence-electron chi connectivity index (χ0n) is 16.8. The average Bonchev–Trinajstić information content (AvgIpc) is 3.23. The van der Waals surface area contributed by atoms with E-state index in [4.69, 9.17) is 16.3 Å². The van der Waals surface area contributed by atoms with Crippen LogP contribution in [0.15, 0.2) is 47.6 Å². The lowest BCUT2D eigenvalue weighted by molar-refractivity contribution is -0.136. The van der Waals surface area contributed by atoms with Gasteiger partial charge in [-0.2, -0.15) is 5.10 Å². The fraction of sp³-hybridized carbons (Fsp3) is 0.273. The number of hydrazone groups is 1. The van der Waals surface area contributed by atoms with Gasteiger partial charge in [0.1, 0.15) is 12.0 Å². The number of carbonyl (C=O) groups excluding carboxylic acids is 3. The summed E-state index contributed by atoms with van der Waals surface area (Å²) in [5, 5.41) is 6.23. The Kier molecular flexibility index (Phi) is 5.07. The van der Waals surface area contributed by atoms with E-state index in [9.17, 15) is 14.4 Å². The van der Waals surface area contributed by atoms with Crippen LogP contribution in [0, 0.1) is 19.8 Å². The summed E-state index contributed by atoms with van der Waals surface area (Å²) in [7, 11) is 0. The fourth-order valence-electron chi connectivity index (χ4n) is 3.77. The van der Waals surface area contributed by atoms with Gasteiger partial charge in [0, 0.05) is 5.02 Å². The second-order valence-corrected chi connectivity index (χ2v) is 7.61. The van der Waals surface area contributed by atoms with Crippen LogP contribution in [0.25, 0.3) is 0 Å². The van der Waals surface area contributed by atoms with Crippen LogP contribution in [0.3, 0.4) is 0 Å². The molecule has 4 rings (SSSR count). The summed E-state index contributed by atoms with van der Waals surface area (Å²) in [6.07, 6.45) is 0. The van der Waals surface area contributed by atoms with Gasteiger partial charge in [-0.25, -0.2) is 9.69 Å². The Labute approximate surface area is 178 Å². The monoisotopic (exact) mass is 425 g/mol. The van der Waals surface area contributed by atoms with Crippen molar-refractivity contribution in [1.29, 1.82) is 0 Å². The molecule has 0 unspecified atom stereocenters. The van der Waals surface area contributed by atoms with Gasteiger partial charge in [0.2, 0.25) is 5.91 Å². The van der Waals surface area contributed by atoms with Gasteiger partial charge in [0.25, 0.3) is 5.91 Å². The predicted octanol–water partition coefficient (Wildman–Crippen LogP) is 3.25. The van der Waals surface area contributed by atoms with E-state index in [1.165, 1.54) is 5.01 Å². The van der Waals surface area contributed by atoms with Gasteiger partial charge >= 0.3 is 5.97 Å². The van der Waals surface area contributed by atoms with Gasteiger partial charge in [-0.05, 0) is 50.6 Å². The molecule has 1 saturated heterocycles. The number of amides is 2. The summed E-state index contributed by atoms with van der Waals surface area (Å²) in [4.78, 5) is 40.4. The third-order valence-corrected chi connectivity index (χ3v) is 5.72. The topological polar surface area (TPSA) is 79.3 Å². The fourth-order valence-corrected chi connectivity index (χ4v) is 3.94. The van der Waals surface area contributed by atoms with E-state index in [1.807, 2.05) is 19.1 Å². The smallest absolute Gasteiger partial charge is 0.355 e. The minimum Gasteiger partial charge on any atom is -0.461 e. The van der Waals surface area contributed by atoms with Gasteiger partial charge in [-0.3, -0.25) is 14.6 Å². The van der Waals surface area contributed by atoms with Crippen molar-refractivity contribution >= 4 is 46.5 Å². The van der Waals surface area contributed by atoms with Crippen molar-refractivity contribution < 1.29 is 19.1 Å². The molecule has 0 saturated carbocycles. The highest BCUT2D eigenvalue weighted by atomic mass is 35.5. The number of fused-ring (bicyclic) bond motifs is 1. The summed E-state index contributed by atoms with van der Waals surface area (Å²) in [5.74, 6) is -2.72. The summed E-state index contributed by atoms with van der Waals surface area (Å²) < 4.78 is 5.11. The average molecular weight is 426 g/mol. The molecule has 0 N–H and O–H groups in total. The lowest BCUT2D eigenvalue weighted by Crippen LogP contribution is -2.39. The van der Waals surface area contributed by atoms with Crippen molar-refractivity contribution in [2.75, 3.05) is 16.5 Å². The van der Waals surface area contributed by atoms with E-state index in [0.29, 0.717) is 22.0 Å². The van der Waals surface area contributed by atoms with Crippen LogP contribution in [0.4, 0.5) is 11.4 Å². The highest BCUT2D eigenvalue weighted by molar-refractivity contribution is 6.47. The summed E-state index contributed by atoms with van der Waals surface area (Å²) in [5.41, 5.74) is 2.59. The van der Waals surface area contributed by atoms with Crippen LogP contribution in [0.5, 0.6) is 0 Å². The first-order chi connectivity index (χ1) is 14.3. The third kappa shape index (κ3) is 3.06. The van der Waals surface area contributed by atoms with Crippen molar-refractivity contribution in [3.05, 3.63) is 58.6 Å². The number of hydrogen-bond acceptors (Lipinski definition) is 6. The van der Waals surface area contributed by atoms with Crippen molar-refractivity contribution in [2.45, 2.75) is 26.8 Å². The van der Waals surface area contributed by atoms with Crippen LogP contribution in [-0.2, 0) is 19.1 Å². The van der Waals surface area contributed by atoms with E-state index < -0.39 is 29.7 Å². The standard InChI is InChI=1S/C22H20ClN3O4/c1-4-30-22(29)18-17-19(26(24-18)14-10-8-12(2)9-11-14)21(28)25(20(17)27)16-7-5-6-15(23)13(16)3/h5-11,17,19H,4H2,1-3H3/t17-,19+/m1/s1. The molecule has 7 nitrogen and oxygen atoms in total. The Morgan fingerprint density at radius 2 is 1.80 bits per heavy atom. The van der Waals surface area contributed by atoms with E-state index >= 15 is 0 Å². The largest absolute Gasteiger partial charge is 0.461 e. The molecule has 154 valence electrons. The van der Waals surface area contributed by atoms with E-state index in [2.05, 4.69) is 5.10 Å². The lowest BCUT2D eigenvalue weighted by Gasteiger charge is -2.23. The number of imide groups is 1. The first kappa shape index (κ1) is 20.1. The van der Waals surface area contributed by atoms with Crippen LogP contribution >= 0.6 is 11.6 Å². The molecule has 0 aromatic heterocycles. The Morgan fingerprint density at radius 3 is 2.47 bits per heavy atom. The van der Waals surface area contributed by atoms with Crippen molar-refractivity contribution in [1.82, 2.24) is 0 Å². The second kappa shape index (κ2) is 7.57. The Balaban J connectivity index is 1.82. The van der Waals surface area contributed by atoms with Crippen molar-refractivity contribution in [3.8, 4) is 0 Å². The number of esters is 1. The molecule has 0 radical (unpaired) electrons. The molecule has 0 spiro atoms. The number of anilines is 2. The molecule has 0 bridgehead atoms. The minimum absolute atomic E-state index is 0.0667. The molecule has 8 heteroatoms. The first-order valence-electron chi connectivity index (χ1n) is 9.59. The second-order valence-electron chi connectivity index (χ2n) is 7.20. The predicted molar refractivity (Wildman–Crippen MR) is 114 cm³/mol. The zero-order chi connectivity index (χ0) is 21.6. The molecular weight excluding hydrogens is 406 g/mol. The minimum atomic E-state index is -1.05. The van der Waals surface area contributed by atoms with Gasteiger partial charge in [-0.15, -0.1) is 0 Å². The molecular formula is C22H20ClN3O4. The maximum atomic E-state index is 13.4. The number of benzene rings is 2. The third-order valence-electron chi connectivity index (χ3n) is 5.31. The molecule has 30 heavy (non-hydrogen) atoms. The number of carbonyl (C=O) groups is 3. The van der Waals surface area contributed by atoms with Crippen LogP contribution in [0.1, 0.15) is 18.1 Å². The number of halogens is 1. The van der Waals surface area contributed by atoms with Crippen LogP contribution in [-0.4, -0.2) is 36.1 Å². The number of ether oxygens (including phenoxy) is 1. The molecule has 2 heterocycles. The molecule has 2 aliphatic rings. The molecule has 0 aliphatic carbocycles. The molecule has 2 aliphatic heterocycles. The molecule has 2 aromatic rings. The maximum absolute atomic E-state index is 13.4. The van der Waals surface area contributed by atoms with Crippen molar-refractivity contribution in [2.24, 2.45) is 11.0 Å². The van der Waals surface area contributed by atoms with Crippen LogP contribution < -0.4 is 9.91 Å². The number of aryl methyl sites for hydroxylation is 1.